The summed E-state index contributed by atoms with van der Waals surface area (Å²) in [5.74, 6) is 1.24. The molecule has 21 heavy (non-hydrogen) atoms. The normalized spacial score (nSPS) is 22.2. The number of nitrogens with two attached hydrogens (primary N) is 2. The Hall–Kier alpha value is -2.15. The quantitative estimate of drug-likeness (QED) is 0.781. The number of nitrogen functional groups attached to an aromatic ring is 1. The van der Waals surface area contributed by atoms with Crippen molar-refractivity contribution in [2.45, 2.75) is 37.8 Å². The zero-order valence-corrected chi connectivity index (χ0v) is 12.2. The summed E-state index contributed by atoms with van der Waals surface area (Å²) in [5.41, 5.74) is 13.5. The Balaban J connectivity index is 1.76. The van der Waals surface area contributed by atoms with Crippen molar-refractivity contribution in [3.8, 4) is 11.3 Å². The van der Waals surface area contributed by atoms with E-state index in [-0.39, 0.29) is 0 Å². The van der Waals surface area contributed by atoms with Crippen LogP contribution in [-0.2, 0) is 7.05 Å². The van der Waals surface area contributed by atoms with Crippen molar-refractivity contribution in [2.75, 3.05) is 11.1 Å². The smallest absolute Gasteiger partial charge is 0.223 e. The third-order valence-electron chi connectivity index (χ3n) is 4.02. The van der Waals surface area contributed by atoms with Crippen LogP contribution in [0.25, 0.3) is 11.3 Å². The molecule has 2 aromatic heterocycles. The van der Waals surface area contributed by atoms with Gasteiger partial charge in [-0.25, -0.2) is 9.97 Å². The monoisotopic (exact) mass is 287 g/mol. The van der Waals surface area contributed by atoms with Crippen LogP contribution in [0, 0.1) is 0 Å². The fourth-order valence-electron chi connectivity index (χ4n) is 2.67. The van der Waals surface area contributed by atoms with Crippen molar-refractivity contribution in [3.63, 3.8) is 0 Å². The SMILES string of the molecule is Cn1ncc(-c2ccnc(NC3CCC(N)CC3)n2)c1N. The van der Waals surface area contributed by atoms with Gasteiger partial charge in [-0.05, 0) is 31.7 Å². The standard InChI is InChI=1S/C14H21N7/c1-21-13(16)11(8-18-21)12-6-7-17-14(20-12)19-10-4-2-9(15)3-5-10/h6-10H,2-5,15-16H2,1H3,(H,17,19,20). The molecule has 7 heteroatoms. The van der Waals surface area contributed by atoms with Crippen molar-refractivity contribution in [1.82, 2.24) is 19.7 Å². The van der Waals surface area contributed by atoms with E-state index in [0.717, 1.165) is 36.9 Å². The van der Waals surface area contributed by atoms with Gasteiger partial charge in [0, 0.05) is 25.3 Å². The van der Waals surface area contributed by atoms with Crippen LogP contribution >= 0.6 is 0 Å². The minimum atomic E-state index is 0.338. The van der Waals surface area contributed by atoms with Gasteiger partial charge in [0.2, 0.25) is 5.95 Å². The first kappa shape index (κ1) is 13.8. The lowest BCUT2D eigenvalue weighted by Crippen LogP contribution is -2.33. The second kappa shape index (κ2) is 5.69. The molecule has 0 unspecified atom stereocenters. The average molecular weight is 287 g/mol. The maximum atomic E-state index is 5.99. The van der Waals surface area contributed by atoms with Crippen molar-refractivity contribution in [1.29, 1.82) is 0 Å². The van der Waals surface area contributed by atoms with Gasteiger partial charge in [0.15, 0.2) is 0 Å². The molecule has 5 N–H and O–H groups in total. The maximum Gasteiger partial charge on any atom is 0.223 e. The zero-order valence-electron chi connectivity index (χ0n) is 12.2. The number of hydrogen-bond donors (Lipinski definition) is 3. The molecule has 1 aliphatic rings. The highest BCUT2D eigenvalue weighted by Gasteiger charge is 2.19. The first-order chi connectivity index (χ1) is 10.1. The van der Waals surface area contributed by atoms with E-state index in [1.807, 2.05) is 13.1 Å². The molecular weight excluding hydrogens is 266 g/mol. The Morgan fingerprint density at radius 1 is 1.29 bits per heavy atom. The van der Waals surface area contributed by atoms with E-state index in [0.29, 0.717) is 23.8 Å². The van der Waals surface area contributed by atoms with Gasteiger partial charge in [0.25, 0.3) is 0 Å². The molecule has 0 atom stereocenters. The number of nitrogens with zero attached hydrogens (tertiary/aromatic N) is 4. The van der Waals surface area contributed by atoms with Gasteiger partial charge in [-0.1, -0.05) is 0 Å². The van der Waals surface area contributed by atoms with Crippen molar-refractivity contribution in [2.24, 2.45) is 12.8 Å². The van der Waals surface area contributed by atoms with Gasteiger partial charge < -0.3 is 16.8 Å². The zero-order chi connectivity index (χ0) is 14.8. The number of rotatable bonds is 3. The van der Waals surface area contributed by atoms with Crippen molar-refractivity contribution >= 4 is 11.8 Å². The molecule has 0 spiro atoms. The highest BCUT2D eigenvalue weighted by atomic mass is 15.3. The highest BCUT2D eigenvalue weighted by Crippen LogP contribution is 2.24. The number of hydrogen-bond acceptors (Lipinski definition) is 6. The summed E-state index contributed by atoms with van der Waals surface area (Å²) < 4.78 is 1.63. The van der Waals surface area contributed by atoms with E-state index >= 15 is 0 Å². The molecule has 1 aliphatic carbocycles. The molecule has 112 valence electrons. The van der Waals surface area contributed by atoms with Crippen molar-refractivity contribution < 1.29 is 0 Å². The number of anilines is 2. The molecular formula is C14H21N7. The molecule has 0 aromatic carbocycles. The predicted molar refractivity (Wildman–Crippen MR) is 82.5 cm³/mol. The predicted octanol–water partition coefficient (Wildman–Crippen LogP) is 1.14. The molecule has 0 amide bonds. The van der Waals surface area contributed by atoms with Crippen LogP contribution in [0.5, 0.6) is 0 Å². The topological polar surface area (TPSA) is 108 Å². The van der Waals surface area contributed by atoms with Gasteiger partial charge in [0.1, 0.15) is 5.82 Å². The highest BCUT2D eigenvalue weighted by molar-refractivity contribution is 5.70. The Morgan fingerprint density at radius 3 is 2.71 bits per heavy atom. The molecule has 0 saturated heterocycles. The van der Waals surface area contributed by atoms with E-state index in [1.165, 1.54) is 0 Å². The van der Waals surface area contributed by atoms with Gasteiger partial charge in [-0.3, -0.25) is 4.68 Å². The van der Waals surface area contributed by atoms with Gasteiger partial charge in [-0.2, -0.15) is 5.10 Å². The summed E-state index contributed by atoms with van der Waals surface area (Å²) in [6, 6.07) is 2.58. The third kappa shape index (κ3) is 2.97. The Labute approximate surface area is 123 Å². The second-order valence-electron chi connectivity index (χ2n) is 5.59. The molecule has 1 fully saturated rings. The summed E-state index contributed by atoms with van der Waals surface area (Å²) >= 11 is 0. The fourth-order valence-corrected chi connectivity index (χ4v) is 2.67. The minimum Gasteiger partial charge on any atom is -0.383 e. The molecule has 2 aromatic rings. The van der Waals surface area contributed by atoms with Gasteiger partial charge in [0.05, 0.1) is 17.5 Å². The summed E-state index contributed by atoms with van der Waals surface area (Å²) in [6.07, 6.45) is 7.68. The van der Waals surface area contributed by atoms with Crippen LogP contribution < -0.4 is 16.8 Å². The largest absolute Gasteiger partial charge is 0.383 e. The lowest BCUT2D eigenvalue weighted by atomic mass is 9.92. The lowest BCUT2D eigenvalue weighted by Gasteiger charge is -2.26. The molecule has 1 saturated carbocycles. The Morgan fingerprint density at radius 2 is 2.05 bits per heavy atom. The van der Waals surface area contributed by atoms with Crippen molar-refractivity contribution in [3.05, 3.63) is 18.5 Å². The van der Waals surface area contributed by atoms with Crippen LogP contribution in [0.1, 0.15) is 25.7 Å². The van der Waals surface area contributed by atoms with Crippen LogP contribution in [-0.4, -0.2) is 31.8 Å². The molecule has 0 bridgehead atoms. The Bertz CT molecular complexity index is 614. The van der Waals surface area contributed by atoms with E-state index in [4.69, 9.17) is 11.5 Å². The number of nitrogens with one attached hydrogen (secondary N) is 1. The van der Waals surface area contributed by atoms with E-state index in [9.17, 15) is 0 Å². The number of aromatic nitrogens is 4. The molecule has 7 nitrogen and oxygen atoms in total. The van der Waals surface area contributed by atoms with E-state index < -0.39 is 0 Å². The summed E-state index contributed by atoms with van der Waals surface area (Å²) in [6.45, 7) is 0. The third-order valence-corrected chi connectivity index (χ3v) is 4.02. The van der Waals surface area contributed by atoms with Crippen LogP contribution in [0.15, 0.2) is 18.5 Å². The molecule has 0 radical (unpaired) electrons. The maximum absolute atomic E-state index is 5.99. The average Bonchev–Trinajstić information content (AvgIpc) is 2.82. The van der Waals surface area contributed by atoms with E-state index in [1.54, 1.807) is 17.1 Å². The Kier molecular flexibility index (Phi) is 3.74. The fraction of sp³-hybridized carbons (Fsp3) is 0.500. The van der Waals surface area contributed by atoms with Crippen LogP contribution in [0.4, 0.5) is 11.8 Å². The van der Waals surface area contributed by atoms with Gasteiger partial charge >= 0.3 is 0 Å². The summed E-state index contributed by atoms with van der Waals surface area (Å²) in [7, 11) is 1.81. The lowest BCUT2D eigenvalue weighted by molar-refractivity contribution is 0.410. The summed E-state index contributed by atoms with van der Waals surface area (Å²) in [4.78, 5) is 8.84. The molecule has 0 aliphatic heterocycles. The number of aryl methyl sites for hydroxylation is 1. The van der Waals surface area contributed by atoms with Crippen LogP contribution in [0.3, 0.4) is 0 Å². The van der Waals surface area contributed by atoms with E-state index in [2.05, 4.69) is 20.4 Å². The van der Waals surface area contributed by atoms with Crippen LogP contribution in [0.2, 0.25) is 0 Å². The van der Waals surface area contributed by atoms with Gasteiger partial charge in [-0.15, -0.1) is 0 Å². The molecule has 3 rings (SSSR count). The molecule has 2 heterocycles. The minimum absolute atomic E-state index is 0.338. The first-order valence-corrected chi connectivity index (χ1v) is 7.26. The summed E-state index contributed by atoms with van der Waals surface area (Å²) in [5, 5.41) is 7.54. The second-order valence-corrected chi connectivity index (χ2v) is 5.59. The first-order valence-electron chi connectivity index (χ1n) is 7.26.